The van der Waals surface area contributed by atoms with E-state index in [4.69, 9.17) is 0 Å². The molecule has 58 valence electrons. The van der Waals surface area contributed by atoms with Gasteiger partial charge in [-0.05, 0) is 26.2 Å². The van der Waals surface area contributed by atoms with Crippen LogP contribution < -0.4 is 0 Å². The highest BCUT2D eigenvalue weighted by molar-refractivity contribution is 5.53. The lowest BCUT2D eigenvalue weighted by molar-refractivity contribution is -0.111. The van der Waals surface area contributed by atoms with Crippen molar-refractivity contribution in [2.24, 2.45) is 5.92 Å². The van der Waals surface area contributed by atoms with Crippen LogP contribution >= 0.6 is 0 Å². The van der Waals surface area contributed by atoms with Gasteiger partial charge in [0.25, 0.3) is 0 Å². The van der Waals surface area contributed by atoms with Gasteiger partial charge in [-0.25, -0.2) is 0 Å². The standard InChI is InChI=1S/C9H16O/c1-3-5-6-7-9(4-2)8-10/h3,5,8-9H,4,6-7H2,1-2H3/b5-3+. The predicted molar refractivity (Wildman–Crippen MR) is 43.9 cm³/mol. The Kier molecular flexibility index (Phi) is 6.14. The molecule has 0 saturated carbocycles. The van der Waals surface area contributed by atoms with Gasteiger partial charge in [0.1, 0.15) is 6.29 Å². The Morgan fingerprint density at radius 3 is 2.60 bits per heavy atom. The van der Waals surface area contributed by atoms with Crippen molar-refractivity contribution in [3.63, 3.8) is 0 Å². The highest BCUT2D eigenvalue weighted by Crippen LogP contribution is 2.07. The zero-order chi connectivity index (χ0) is 7.82. The van der Waals surface area contributed by atoms with Crippen LogP contribution in [0.2, 0.25) is 0 Å². The second-order valence-electron chi connectivity index (χ2n) is 2.45. The Balaban J connectivity index is 3.34. The van der Waals surface area contributed by atoms with Crippen molar-refractivity contribution >= 4 is 6.29 Å². The number of carbonyl (C=O) groups excluding carboxylic acids is 1. The summed E-state index contributed by atoms with van der Waals surface area (Å²) in [6.07, 6.45) is 8.20. The topological polar surface area (TPSA) is 17.1 Å². The molecule has 0 spiro atoms. The van der Waals surface area contributed by atoms with Crippen LogP contribution in [0.25, 0.3) is 0 Å². The minimum atomic E-state index is 0.274. The van der Waals surface area contributed by atoms with Crippen molar-refractivity contribution in [2.45, 2.75) is 33.1 Å². The van der Waals surface area contributed by atoms with E-state index in [-0.39, 0.29) is 5.92 Å². The summed E-state index contributed by atoms with van der Waals surface area (Å²) in [5.41, 5.74) is 0. The fourth-order valence-corrected chi connectivity index (χ4v) is 0.845. The lowest BCUT2D eigenvalue weighted by atomic mass is 10.0. The first-order valence-electron chi connectivity index (χ1n) is 3.91. The summed E-state index contributed by atoms with van der Waals surface area (Å²) in [5, 5.41) is 0. The molecule has 1 unspecified atom stereocenters. The van der Waals surface area contributed by atoms with Gasteiger partial charge >= 0.3 is 0 Å². The fraction of sp³-hybridized carbons (Fsp3) is 0.667. The van der Waals surface area contributed by atoms with E-state index in [1.165, 1.54) is 0 Å². The van der Waals surface area contributed by atoms with Crippen molar-refractivity contribution in [3.8, 4) is 0 Å². The summed E-state index contributed by atoms with van der Waals surface area (Å²) >= 11 is 0. The predicted octanol–water partition coefficient (Wildman–Crippen LogP) is 2.57. The summed E-state index contributed by atoms with van der Waals surface area (Å²) in [7, 11) is 0. The van der Waals surface area contributed by atoms with Gasteiger partial charge in [-0.3, -0.25) is 0 Å². The molecule has 0 amide bonds. The second kappa shape index (κ2) is 6.53. The second-order valence-corrected chi connectivity index (χ2v) is 2.45. The van der Waals surface area contributed by atoms with E-state index in [1.807, 2.05) is 13.0 Å². The van der Waals surface area contributed by atoms with E-state index in [0.29, 0.717) is 0 Å². The first-order chi connectivity index (χ1) is 4.85. The molecule has 0 aliphatic heterocycles. The molecular weight excluding hydrogens is 124 g/mol. The Labute approximate surface area is 63.1 Å². The molecule has 1 atom stereocenters. The van der Waals surface area contributed by atoms with E-state index < -0.39 is 0 Å². The van der Waals surface area contributed by atoms with Crippen LogP contribution in [0.4, 0.5) is 0 Å². The van der Waals surface area contributed by atoms with E-state index in [0.717, 1.165) is 25.5 Å². The molecule has 0 bridgehead atoms. The molecule has 1 heteroatoms. The Morgan fingerprint density at radius 1 is 1.50 bits per heavy atom. The van der Waals surface area contributed by atoms with Crippen LogP contribution in [0.1, 0.15) is 33.1 Å². The van der Waals surface area contributed by atoms with E-state index in [2.05, 4.69) is 13.0 Å². The van der Waals surface area contributed by atoms with Gasteiger partial charge in [-0.15, -0.1) is 0 Å². The third kappa shape index (κ3) is 4.30. The number of allylic oxidation sites excluding steroid dienone is 2. The SMILES string of the molecule is C/C=C/CCC(C=O)CC. The van der Waals surface area contributed by atoms with Crippen molar-refractivity contribution < 1.29 is 4.79 Å². The smallest absolute Gasteiger partial charge is 0.123 e. The zero-order valence-corrected chi connectivity index (χ0v) is 6.84. The molecule has 0 N–H and O–H groups in total. The molecule has 0 aromatic rings. The summed E-state index contributed by atoms with van der Waals surface area (Å²) < 4.78 is 0. The average Bonchev–Trinajstić information content (AvgIpc) is 1.99. The third-order valence-corrected chi connectivity index (χ3v) is 1.66. The van der Waals surface area contributed by atoms with Crippen molar-refractivity contribution in [2.75, 3.05) is 0 Å². The van der Waals surface area contributed by atoms with Gasteiger partial charge < -0.3 is 4.79 Å². The molecule has 0 fully saturated rings. The molecule has 0 heterocycles. The Hall–Kier alpha value is -0.590. The normalized spacial score (nSPS) is 13.8. The lowest BCUT2D eigenvalue weighted by Crippen LogP contribution is -1.98. The number of aldehydes is 1. The molecule has 0 rings (SSSR count). The lowest BCUT2D eigenvalue weighted by Gasteiger charge is -2.02. The Morgan fingerprint density at radius 2 is 2.20 bits per heavy atom. The largest absolute Gasteiger partial charge is 0.303 e. The summed E-state index contributed by atoms with van der Waals surface area (Å²) in [4.78, 5) is 10.3. The number of carbonyl (C=O) groups is 1. The highest BCUT2D eigenvalue weighted by atomic mass is 16.1. The fourth-order valence-electron chi connectivity index (χ4n) is 0.845. The molecule has 0 saturated heterocycles. The third-order valence-electron chi connectivity index (χ3n) is 1.66. The molecule has 0 aliphatic rings. The molecular formula is C9H16O. The molecule has 0 aromatic carbocycles. The van der Waals surface area contributed by atoms with E-state index in [1.54, 1.807) is 0 Å². The maximum absolute atomic E-state index is 10.3. The van der Waals surface area contributed by atoms with Crippen LogP contribution in [-0.2, 0) is 4.79 Å². The monoisotopic (exact) mass is 140 g/mol. The van der Waals surface area contributed by atoms with Crippen LogP contribution in [0, 0.1) is 5.92 Å². The molecule has 0 aromatic heterocycles. The summed E-state index contributed by atoms with van der Waals surface area (Å²) in [6.45, 7) is 4.05. The molecule has 0 radical (unpaired) electrons. The van der Waals surface area contributed by atoms with E-state index in [9.17, 15) is 4.79 Å². The van der Waals surface area contributed by atoms with Crippen LogP contribution in [-0.4, -0.2) is 6.29 Å². The number of rotatable bonds is 5. The maximum atomic E-state index is 10.3. The van der Waals surface area contributed by atoms with Crippen LogP contribution in [0.5, 0.6) is 0 Å². The quantitative estimate of drug-likeness (QED) is 0.423. The van der Waals surface area contributed by atoms with Gasteiger partial charge in [-0.2, -0.15) is 0 Å². The summed E-state index contributed by atoms with van der Waals surface area (Å²) in [6, 6.07) is 0. The molecule has 10 heavy (non-hydrogen) atoms. The van der Waals surface area contributed by atoms with Crippen LogP contribution in [0.3, 0.4) is 0 Å². The van der Waals surface area contributed by atoms with E-state index >= 15 is 0 Å². The average molecular weight is 140 g/mol. The maximum Gasteiger partial charge on any atom is 0.123 e. The zero-order valence-electron chi connectivity index (χ0n) is 6.84. The first kappa shape index (κ1) is 9.41. The molecule has 1 nitrogen and oxygen atoms in total. The minimum absolute atomic E-state index is 0.274. The van der Waals surface area contributed by atoms with Gasteiger partial charge in [0.2, 0.25) is 0 Å². The van der Waals surface area contributed by atoms with Crippen molar-refractivity contribution in [1.82, 2.24) is 0 Å². The van der Waals surface area contributed by atoms with Gasteiger partial charge in [0.15, 0.2) is 0 Å². The van der Waals surface area contributed by atoms with Crippen molar-refractivity contribution in [1.29, 1.82) is 0 Å². The van der Waals surface area contributed by atoms with Crippen molar-refractivity contribution in [3.05, 3.63) is 12.2 Å². The number of hydrogen-bond acceptors (Lipinski definition) is 1. The number of hydrogen-bond donors (Lipinski definition) is 0. The van der Waals surface area contributed by atoms with Gasteiger partial charge in [-0.1, -0.05) is 19.1 Å². The first-order valence-corrected chi connectivity index (χ1v) is 3.91. The van der Waals surface area contributed by atoms with Gasteiger partial charge in [0, 0.05) is 5.92 Å². The highest BCUT2D eigenvalue weighted by Gasteiger charge is 2.00. The minimum Gasteiger partial charge on any atom is -0.303 e. The van der Waals surface area contributed by atoms with Crippen LogP contribution in [0.15, 0.2) is 12.2 Å². The van der Waals surface area contributed by atoms with Gasteiger partial charge in [0.05, 0.1) is 0 Å². The summed E-state index contributed by atoms with van der Waals surface area (Å²) in [5.74, 6) is 0.274. The molecule has 0 aliphatic carbocycles. The Bertz CT molecular complexity index is 105.